The van der Waals surface area contributed by atoms with Crippen LogP contribution in [-0.2, 0) is 11.2 Å². The summed E-state index contributed by atoms with van der Waals surface area (Å²) in [5.74, 6) is 2.20. The van der Waals surface area contributed by atoms with E-state index in [4.69, 9.17) is 9.97 Å². The van der Waals surface area contributed by atoms with Crippen molar-refractivity contribution >= 4 is 40.0 Å². The monoisotopic (exact) mass is 480 g/mol. The molecule has 2 aliphatic carbocycles. The van der Waals surface area contributed by atoms with E-state index in [0.717, 1.165) is 29.8 Å². The summed E-state index contributed by atoms with van der Waals surface area (Å²) < 4.78 is 0. The number of carbonyl (C=O) groups is 1. The van der Waals surface area contributed by atoms with Crippen molar-refractivity contribution in [2.45, 2.75) is 69.4 Å². The average molecular weight is 481 g/mol. The van der Waals surface area contributed by atoms with Gasteiger partial charge in [-0.1, -0.05) is 12.8 Å². The van der Waals surface area contributed by atoms with Crippen LogP contribution in [0, 0.1) is 0 Å². The van der Waals surface area contributed by atoms with Crippen molar-refractivity contribution in [1.29, 1.82) is 0 Å². The number of aryl methyl sites for hydroxylation is 1. The molecule has 1 amide bonds. The van der Waals surface area contributed by atoms with Gasteiger partial charge >= 0.3 is 0 Å². The normalized spacial score (nSPS) is 22.3. The molecule has 3 aromatic heterocycles. The van der Waals surface area contributed by atoms with Gasteiger partial charge in [0, 0.05) is 41.4 Å². The first-order chi connectivity index (χ1) is 16.7. The Kier molecular flexibility index (Phi) is 5.66. The summed E-state index contributed by atoms with van der Waals surface area (Å²) in [5, 5.41) is 26.9. The van der Waals surface area contributed by atoms with Crippen molar-refractivity contribution in [3.05, 3.63) is 34.6 Å². The van der Waals surface area contributed by atoms with E-state index in [1.54, 1.807) is 6.20 Å². The first kappa shape index (κ1) is 21.5. The van der Waals surface area contributed by atoms with Crippen molar-refractivity contribution in [1.82, 2.24) is 25.1 Å². The molecule has 3 aliphatic rings. The Morgan fingerprint density at radius 3 is 2.88 bits per heavy atom. The molecule has 178 valence electrons. The van der Waals surface area contributed by atoms with Crippen LogP contribution in [0.2, 0.25) is 0 Å². The van der Waals surface area contributed by atoms with Gasteiger partial charge in [0.15, 0.2) is 10.9 Å². The van der Waals surface area contributed by atoms with Gasteiger partial charge in [-0.2, -0.15) is 10.1 Å². The van der Waals surface area contributed by atoms with Gasteiger partial charge in [-0.05, 0) is 38.5 Å². The molecule has 1 saturated heterocycles. The lowest BCUT2D eigenvalue weighted by Crippen LogP contribution is -2.40. The van der Waals surface area contributed by atoms with Gasteiger partial charge in [0.1, 0.15) is 11.9 Å². The van der Waals surface area contributed by atoms with E-state index >= 15 is 0 Å². The lowest BCUT2D eigenvalue weighted by molar-refractivity contribution is -0.117. The van der Waals surface area contributed by atoms with Crippen LogP contribution < -0.4 is 15.5 Å². The maximum atomic E-state index is 13.0. The van der Waals surface area contributed by atoms with Crippen LogP contribution in [-0.4, -0.2) is 48.7 Å². The Hall–Kier alpha value is -3.05. The third-order valence-corrected chi connectivity index (χ3v) is 7.80. The maximum absolute atomic E-state index is 13.0. The first-order valence-electron chi connectivity index (χ1n) is 12.0. The summed E-state index contributed by atoms with van der Waals surface area (Å²) in [7, 11) is 0. The van der Waals surface area contributed by atoms with Crippen molar-refractivity contribution in [2.24, 2.45) is 0 Å². The fourth-order valence-corrected chi connectivity index (χ4v) is 5.94. The van der Waals surface area contributed by atoms with Crippen LogP contribution >= 0.6 is 11.3 Å². The number of aliphatic hydroxyl groups excluding tert-OH is 1. The van der Waals surface area contributed by atoms with Gasteiger partial charge in [0.2, 0.25) is 11.9 Å². The number of H-pyrrole nitrogens is 1. The van der Waals surface area contributed by atoms with Crippen molar-refractivity contribution in [2.75, 3.05) is 22.1 Å². The minimum atomic E-state index is -0.609. The highest BCUT2D eigenvalue weighted by Crippen LogP contribution is 2.39. The second-order valence-corrected chi connectivity index (χ2v) is 10.2. The van der Waals surface area contributed by atoms with E-state index in [1.165, 1.54) is 37.0 Å². The van der Waals surface area contributed by atoms with Crippen molar-refractivity contribution < 1.29 is 9.90 Å². The molecule has 4 N–H and O–H groups in total. The zero-order valence-corrected chi connectivity index (χ0v) is 19.6. The summed E-state index contributed by atoms with van der Waals surface area (Å²) >= 11 is 1.40. The predicted octanol–water partition coefficient (Wildman–Crippen LogP) is 3.64. The molecule has 0 aromatic carbocycles. The predicted molar refractivity (Wildman–Crippen MR) is 130 cm³/mol. The van der Waals surface area contributed by atoms with Gasteiger partial charge in [-0.3, -0.25) is 9.89 Å². The molecule has 0 bridgehead atoms. The van der Waals surface area contributed by atoms with Crippen LogP contribution in [0.3, 0.4) is 0 Å². The van der Waals surface area contributed by atoms with Crippen molar-refractivity contribution in [3.8, 4) is 0 Å². The van der Waals surface area contributed by atoms with Crippen LogP contribution in [0.1, 0.15) is 73.9 Å². The fraction of sp³-hybridized carbons (Fsp3) is 0.522. The number of aliphatic hydroxyl groups is 1. The minimum absolute atomic E-state index is 0.0976. The highest BCUT2D eigenvalue weighted by atomic mass is 32.1. The number of aromatic nitrogens is 5. The maximum Gasteiger partial charge on any atom is 0.248 e. The Bertz CT molecular complexity index is 1170. The third-order valence-electron chi connectivity index (χ3n) is 7.11. The summed E-state index contributed by atoms with van der Waals surface area (Å²) in [4.78, 5) is 28.7. The molecule has 6 rings (SSSR count). The van der Waals surface area contributed by atoms with E-state index < -0.39 is 6.10 Å². The molecule has 3 aromatic rings. The quantitative estimate of drug-likeness (QED) is 0.420. The van der Waals surface area contributed by atoms with E-state index in [0.29, 0.717) is 48.0 Å². The minimum Gasteiger partial charge on any atom is -0.388 e. The molecule has 4 heterocycles. The Morgan fingerprint density at radius 2 is 2.06 bits per heavy atom. The Balaban J connectivity index is 1.28. The van der Waals surface area contributed by atoms with E-state index in [2.05, 4.69) is 25.8 Å². The second kappa shape index (κ2) is 8.95. The summed E-state index contributed by atoms with van der Waals surface area (Å²) in [6.07, 6.45) is 8.86. The number of nitrogens with one attached hydrogen (secondary N) is 3. The number of thiazole rings is 1. The molecule has 0 spiro atoms. The molecule has 11 heteroatoms. The SMILES string of the molecule is O=C(Nc1nccs1)[C@H]1CCCN1c1nc2c(c(Nc3cc(C4CCCC4)[nH]n3)n1)[C@H](O)CC2. The zero-order chi connectivity index (χ0) is 23.1. The molecular weight excluding hydrogens is 452 g/mol. The van der Waals surface area contributed by atoms with Gasteiger partial charge in [0.25, 0.3) is 0 Å². The Labute approximate surface area is 201 Å². The van der Waals surface area contributed by atoms with Gasteiger partial charge in [-0.15, -0.1) is 11.3 Å². The van der Waals surface area contributed by atoms with Crippen LogP contribution in [0.5, 0.6) is 0 Å². The number of fused-ring (bicyclic) bond motifs is 1. The number of hydrogen-bond donors (Lipinski definition) is 4. The topological polar surface area (TPSA) is 132 Å². The molecule has 0 unspecified atom stereocenters. The first-order valence-corrected chi connectivity index (χ1v) is 12.9. The van der Waals surface area contributed by atoms with Crippen LogP contribution in [0.25, 0.3) is 0 Å². The summed E-state index contributed by atoms with van der Waals surface area (Å²) in [6, 6.07) is 1.69. The molecule has 2 fully saturated rings. The van der Waals surface area contributed by atoms with E-state index in [1.807, 2.05) is 16.3 Å². The zero-order valence-electron chi connectivity index (χ0n) is 18.8. The van der Waals surface area contributed by atoms with Gasteiger partial charge in [0.05, 0.1) is 11.8 Å². The number of rotatable bonds is 6. The summed E-state index contributed by atoms with van der Waals surface area (Å²) in [6.45, 7) is 0.699. The smallest absolute Gasteiger partial charge is 0.248 e. The van der Waals surface area contributed by atoms with Crippen LogP contribution in [0.4, 0.5) is 22.7 Å². The van der Waals surface area contributed by atoms with Gasteiger partial charge in [-0.25, -0.2) is 9.97 Å². The highest BCUT2D eigenvalue weighted by molar-refractivity contribution is 7.13. The van der Waals surface area contributed by atoms with Crippen LogP contribution in [0.15, 0.2) is 17.6 Å². The Morgan fingerprint density at radius 1 is 1.18 bits per heavy atom. The highest BCUT2D eigenvalue weighted by Gasteiger charge is 2.35. The number of amides is 1. The lowest BCUT2D eigenvalue weighted by atomic mass is 10.0. The van der Waals surface area contributed by atoms with E-state index in [9.17, 15) is 9.90 Å². The summed E-state index contributed by atoms with van der Waals surface area (Å²) in [5.41, 5.74) is 2.71. The molecule has 0 radical (unpaired) electrons. The molecule has 2 atom stereocenters. The second-order valence-electron chi connectivity index (χ2n) is 9.28. The molecular formula is C23H28N8O2S. The number of carbonyl (C=O) groups excluding carboxylic acids is 1. The number of anilines is 4. The number of aromatic amines is 1. The largest absolute Gasteiger partial charge is 0.388 e. The van der Waals surface area contributed by atoms with E-state index in [-0.39, 0.29) is 11.9 Å². The number of hydrogen-bond acceptors (Lipinski definition) is 9. The number of nitrogens with zero attached hydrogens (tertiary/aromatic N) is 5. The molecule has 10 nitrogen and oxygen atoms in total. The molecule has 1 saturated carbocycles. The third kappa shape index (κ3) is 4.03. The average Bonchev–Trinajstić information content (AvgIpc) is 3.65. The molecule has 1 aliphatic heterocycles. The lowest BCUT2D eigenvalue weighted by Gasteiger charge is -2.25. The fourth-order valence-electron chi connectivity index (χ4n) is 5.41. The standard InChI is InChI=1S/C23H28N8O2S/c32-17-8-7-14-19(17)20(26-18-12-15(29-30-18)13-4-1-2-5-13)27-22(25-14)31-10-3-6-16(31)21(33)28-23-24-9-11-34-23/h9,11-13,16-17,32H,1-8,10H2,(H,24,28,33)(H2,25,26,27,29,30)/t16-,17-/m1/s1. The molecule has 34 heavy (non-hydrogen) atoms. The van der Waals surface area contributed by atoms with Crippen molar-refractivity contribution in [3.63, 3.8) is 0 Å². The van der Waals surface area contributed by atoms with Gasteiger partial charge < -0.3 is 20.6 Å².